The topological polar surface area (TPSA) is 35.7 Å². The molecule has 4 nitrogen and oxygen atoms in total. The number of nitrogens with zero attached hydrogens (tertiary/aromatic N) is 3. The van der Waals surface area contributed by atoms with Gasteiger partial charge in [0.05, 0.1) is 0 Å². The van der Waals surface area contributed by atoms with Gasteiger partial charge in [0, 0.05) is 45.3 Å². The lowest BCUT2D eigenvalue weighted by molar-refractivity contribution is 0.123. The Morgan fingerprint density at radius 3 is 2.56 bits per heavy atom. The van der Waals surface area contributed by atoms with Crippen LogP contribution in [0.25, 0.3) is 0 Å². The Kier molecular flexibility index (Phi) is 5.42. The first-order chi connectivity index (χ1) is 8.70. The van der Waals surface area contributed by atoms with Gasteiger partial charge in [-0.3, -0.25) is 4.90 Å². The summed E-state index contributed by atoms with van der Waals surface area (Å²) < 4.78 is 0. The SMILES string of the molecule is CN1CCN(CCN(C)C2CCCC2CN)CC1. The Bertz CT molecular complexity index is 238. The first-order valence-electron chi connectivity index (χ1n) is 7.52. The predicted octanol–water partition coefficient (Wildman–Crippen LogP) is 0.293. The molecular formula is C14H30N4. The zero-order valence-corrected chi connectivity index (χ0v) is 12.1. The van der Waals surface area contributed by atoms with Gasteiger partial charge in [-0.1, -0.05) is 6.42 Å². The molecule has 2 rings (SSSR count). The molecule has 0 bridgehead atoms. The van der Waals surface area contributed by atoms with Gasteiger partial charge in [0.1, 0.15) is 0 Å². The van der Waals surface area contributed by atoms with Gasteiger partial charge in [-0.25, -0.2) is 0 Å². The largest absolute Gasteiger partial charge is 0.330 e. The van der Waals surface area contributed by atoms with Gasteiger partial charge in [-0.05, 0) is 39.4 Å². The van der Waals surface area contributed by atoms with Crippen LogP contribution in [0.2, 0.25) is 0 Å². The minimum Gasteiger partial charge on any atom is -0.330 e. The van der Waals surface area contributed by atoms with Gasteiger partial charge in [-0.15, -0.1) is 0 Å². The highest BCUT2D eigenvalue weighted by molar-refractivity contribution is 4.85. The minimum absolute atomic E-state index is 0.738. The van der Waals surface area contributed by atoms with Crippen LogP contribution in [0.15, 0.2) is 0 Å². The third-order valence-corrected chi connectivity index (χ3v) is 4.85. The molecule has 0 spiro atoms. The summed E-state index contributed by atoms with van der Waals surface area (Å²) in [5.41, 5.74) is 5.87. The van der Waals surface area contributed by atoms with Gasteiger partial charge >= 0.3 is 0 Å². The van der Waals surface area contributed by atoms with Crippen molar-refractivity contribution in [2.24, 2.45) is 11.7 Å². The fraction of sp³-hybridized carbons (Fsp3) is 1.00. The maximum atomic E-state index is 5.87. The monoisotopic (exact) mass is 254 g/mol. The van der Waals surface area contributed by atoms with Crippen LogP contribution in [0.4, 0.5) is 0 Å². The third-order valence-electron chi connectivity index (χ3n) is 4.85. The molecule has 2 unspecified atom stereocenters. The number of likely N-dealkylation sites (N-methyl/N-ethyl adjacent to an activating group) is 2. The maximum absolute atomic E-state index is 5.87. The summed E-state index contributed by atoms with van der Waals surface area (Å²) in [6.45, 7) is 8.19. The summed E-state index contributed by atoms with van der Waals surface area (Å²) in [7, 11) is 4.50. The third kappa shape index (κ3) is 3.67. The first-order valence-corrected chi connectivity index (χ1v) is 7.52. The minimum atomic E-state index is 0.738. The smallest absolute Gasteiger partial charge is 0.0133 e. The first kappa shape index (κ1) is 14.3. The molecule has 2 atom stereocenters. The summed E-state index contributed by atoms with van der Waals surface area (Å²) in [4.78, 5) is 7.58. The van der Waals surface area contributed by atoms with E-state index < -0.39 is 0 Å². The second-order valence-corrected chi connectivity index (χ2v) is 6.12. The van der Waals surface area contributed by atoms with E-state index in [9.17, 15) is 0 Å². The summed E-state index contributed by atoms with van der Waals surface area (Å²) in [5.74, 6) is 0.738. The van der Waals surface area contributed by atoms with Gasteiger partial charge in [-0.2, -0.15) is 0 Å². The van der Waals surface area contributed by atoms with Crippen molar-refractivity contribution in [3.8, 4) is 0 Å². The molecule has 1 aliphatic carbocycles. The molecule has 106 valence electrons. The average molecular weight is 254 g/mol. The van der Waals surface area contributed by atoms with E-state index in [-0.39, 0.29) is 0 Å². The summed E-state index contributed by atoms with van der Waals surface area (Å²) in [5, 5.41) is 0. The quantitative estimate of drug-likeness (QED) is 0.765. The Balaban J connectivity index is 1.69. The molecule has 2 fully saturated rings. The van der Waals surface area contributed by atoms with Crippen molar-refractivity contribution in [2.45, 2.75) is 25.3 Å². The lowest BCUT2D eigenvalue weighted by Gasteiger charge is -2.35. The Labute approximate surface area is 112 Å². The van der Waals surface area contributed by atoms with Crippen LogP contribution in [0.5, 0.6) is 0 Å². The summed E-state index contributed by atoms with van der Waals surface area (Å²) >= 11 is 0. The zero-order chi connectivity index (χ0) is 13.0. The van der Waals surface area contributed by atoms with E-state index in [0.29, 0.717) is 0 Å². The van der Waals surface area contributed by atoms with Crippen molar-refractivity contribution in [3.63, 3.8) is 0 Å². The van der Waals surface area contributed by atoms with Crippen LogP contribution < -0.4 is 5.73 Å². The van der Waals surface area contributed by atoms with Crippen molar-refractivity contribution in [1.29, 1.82) is 0 Å². The van der Waals surface area contributed by atoms with Gasteiger partial charge in [0.15, 0.2) is 0 Å². The van der Waals surface area contributed by atoms with Crippen LogP contribution in [-0.2, 0) is 0 Å². The Hall–Kier alpha value is -0.160. The predicted molar refractivity (Wildman–Crippen MR) is 76.8 cm³/mol. The van der Waals surface area contributed by atoms with Crippen molar-refractivity contribution in [3.05, 3.63) is 0 Å². The van der Waals surface area contributed by atoms with Crippen LogP contribution >= 0.6 is 0 Å². The van der Waals surface area contributed by atoms with Gasteiger partial charge < -0.3 is 15.5 Å². The molecule has 1 saturated heterocycles. The van der Waals surface area contributed by atoms with Gasteiger partial charge in [0.2, 0.25) is 0 Å². The van der Waals surface area contributed by atoms with Crippen LogP contribution in [0.1, 0.15) is 19.3 Å². The fourth-order valence-corrected chi connectivity index (χ4v) is 3.41. The van der Waals surface area contributed by atoms with Crippen molar-refractivity contribution >= 4 is 0 Å². The zero-order valence-electron chi connectivity index (χ0n) is 12.1. The van der Waals surface area contributed by atoms with Crippen LogP contribution in [0, 0.1) is 5.92 Å². The lowest BCUT2D eigenvalue weighted by atomic mass is 10.0. The maximum Gasteiger partial charge on any atom is 0.0133 e. The van der Waals surface area contributed by atoms with Crippen LogP contribution in [-0.4, -0.2) is 80.7 Å². The van der Waals surface area contributed by atoms with E-state index >= 15 is 0 Å². The molecule has 0 aromatic carbocycles. The molecule has 0 amide bonds. The number of rotatable bonds is 5. The molecule has 1 aliphatic heterocycles. The Morgan fingerprint density at radius 2 is 1.89 bits per heavy atom. The molecule has 1 saturated carbocycles. The van der Waals surface area contributed by atoms with Gasteiger partial charge in [0.25, 0.3) is 0 Å². The van der Waals surface area contributed by atoms with Crippen molar-refractivity contribution < 1.29 is 0 Å². The average Bonchev–Trinajstić information content (AvgIpc) is 2.86. The van der Waals surface area contributed by atoms with Crippen molar-refractivity contribution in [1.82, 2.24) is 14.7 Å². The van der Waals surface area contributed by atoms with E-state index in [0.717, 1.165) is 18.5 Å². The Morgan fingerprint density at radius 1 is 1.17 bits per heavy atom. The molecule has 18 heavy (non-hydrogen) atoms. The second-order valence-electron chi connectivity index (χ2n) is 6.12. The summed E-state index contributed by atoms with van der Waals surface area (Å²) in [6.07, 6.45) is 4.05. The fourth-order valence-electron chi connectivity index (χ4n) is 3.41. The van der Waals surface area contributed by atoms with E-state index in [1.165, 1.54) is 58.5 Å². The van der Waals surface area contributed by atoms with E-state index in [4.69, 9.17) is 5.73 Å². The molecule has 2 N–H and O–H groups in total. The second kappa shape index (κ2) is 6.85. The summed E-state index contributed by atoms with van der Waals surface area (Å²) in [6, 6.07) is 0.738. The normalized spacial score (nSPS) is 31.3. The molecule has 0 radical (unpaired) electrons. The molecule has 0 aromatic rings. The standard InChI is InChI=1S/C14H30N4/c1-16-6-9-18(10-7-16)11-8-17(2)14-5-3-4-13(14)12-15/h13-14H,3-12,15H2,1-2H3. The number of hydrogen-bond donors (Lipinski definition) is 1. The van der Waals surface area contributed by atoms with Crippen molar-refractivity contribution in [2.75, 3.05) is 59.9 Å². The molecule has 2 aliphatic rings. The molecule has 1 heterocycles. The number of hydrogen-bond acceptors (Lipinski definition) is 4. The molecular weight excluding hydrogens is 224 g/mol. The number of nitrogens with two attached hydrogens (primary N) is 1. The van der Waals surface area contributed by atoms with E-state index in [1.807, 2.05) is 0 Å². The number of piperazine rings is 1. The van der Waals surface area contributed by atoms with E-state index in [1.54, 1.807) is 0 Å². The molecule has 4 heteroatoms. The lowest BCUT2D eigenvalue weighted by Crippen LogP contribution is -2.48. The van der Waals surface area contributed by atoms with Crippen LogP contribution in [0.3, 0.4) is 0 Å². The molecule has 0 aromatic heterocycles. The highest BCUT2D eigenvalue weighted by atomic mass is 15.3. The highest BCUT2D eigenvalue weighted by Gasteiger charge is 2.29. The van der Waals surface area contributed by atoms with E-state index in [2.05, 4.69) is 28.8 Å². The highest BCUT2D eigenvalue weighted by Crippen LogP contribution is 2.28.